The summed E-state index contributed by atoms with van der Waals surface area (Å²) >= 11 is 0. The van der Waals surface area contributed by atoms with Crippen molar-refractivity contribution in [3.05, 3.63) is 35.3 Å². The van der Waals surface area contributed by atoms with Crippen LogP contribution in [-0.2, 0) is 24.2 Å². The third-order valence-electron chi connectivity index (χ3n) is 5.67. The van der Waals surface area contributed by atoms with Crippen molar-refractivity contribution in [1.82, 2.24) is 0 Å². The van der Waals surface area contributed by atoms with Crippen molar-refractivity contribution >= 4 is 0 Å². The average Bonchev–Trinajstić information content (AvgIpc) is 3.03. The SMILES string of the molecule is C=C1[C@H]2C[C@H]2[C@]2(C)Cc3occ(COC)c3C[C@@H]12. The lowest BCUT2D eigenvalue weighted by molar-refractivity contribution is 0.170. The molecular formula is C16H20O2. The molecule has 0 aromatic carbocycles. The Morgan fingerprint density at radius 2 is 2.39 bits per heavy atom. The maximum Gasteiger partial charge on any atom is 0.107 e. The molecule has 1 aromatic heterocycles. The highest BCUT2D eigenvalue weighted by Crippen LogP contribution is 2.69. The molecule has 2 nitrogen and oxygen atoms in total. The first-order valence-corrected chi connectivity index (χ1v) is 6.91. The summed E-state index contributed by atoms with van der Waals surface area (Å²) in [5.41, 5.74) is 4.57. The fourth-order valence-electron chi connectivity index (χ4n) is 4.58. The van der Waals surface area contributed by atoms with E-state index in [0.717, 1.165) is 24.7 Å². The molecule has 3 aliphatic rings. The van der Waals surface area contributed by atoms with E-state index in [1.54, 1.807) is 7.11 Å². The molecule has 0 N–H and O–H groups in total. The molecule has 1 aromatic rings. The minimum atomic E-state index is 0.414. The number of hydrogen-bond acceptors (Lipinski definition) is 2. The van der Waals surface area contributed by atoms with E-state index in [1.165, 1.54) is 28.9 Å². The summed E-state index contributed by atoms with van der Waals surface area (Å²) < 4.78 is 11.1. The lowest BCUT2D eigenvalue weighted by atomic mass is 9.65. The van der Waals surface area contributed by atoms with Crippen LogP contribution in [0.2, 0.25) is 0 Å². The van der Waals surface area contributed by atoms with Gasteiger partial charge in [-0.1, -0.05) is 19.1 Å². The van der Waals surface area contributed by atoms with Crippen LogP contribution in [0.1, 0.15) is 30.2 Å². The maximum absolute atomic E-state index is 5.81. The fraction of sp³-hybridized carbons (Fsp3) is 0.625. The van der Waals surface area contributed by atoms with Gasteiger partial charge in [0.2, 0.25) is 0 Å². The number of allylic oxidation sites excluding steroid dienone is 1. The second kappa shape index (κ2) is 3.30. The molecule has 1 heterocycles. The molecule has 0 spiro atoms. The van der Waals surface area contributed by atoms with Gasteiger partial charge >= 0.3 is 0 Å². The van der Waals surface area contributed by atoms with E-state index in [4.69, 9.17) is 9.15 Å². The molecule has 0 aliphatic heterocycles. The summed E-state index contributed by atoms with van der Waals surface area (Å²) in [6.07, 6.45) is 5.47. The molecule has 2 fully saturated rings. The maximum atomic E-state index is 5.81. The van der Waals surface area contributed by atoms with Gasteiger partial charge in [-0.15, -0.1) is 0 Å². The molecule has 0 radical (unpaired) electrons. The van der Waals surface area contributed by atoms with Crippen LogP contribution in [-0.4, -0.2) is 7.11 Å². The lowest BCUT2D eigenvalue weighted by Gasteiger charge is -2.38. The molecule has 18 heavy (non-hydrogen) atoms. The lowest BCUT2D eigenvalue weighted by Crippen LogP contribution is -2.34. The Morgan fingerprint density at radius 3 is 3.17 bits per heavy atom. The van der Waals surface area contributed by atoms with Gasteiger partial charge in [-0.05, 0) is 41.6 Å². The first-order chi connectivity index (χ1) is 8.65. The van der Waals surface area contributed by atoms with Crippen molar-refractivity contribution in [2.75, 3.05) is 7.11 Å². The van der Waals surface area contributed by atoms with Crippen molar-refractivity contribution in [1.29, 1.82) is 0 Å². The second-order valence-electron chi connectivity index (χ2n) is 6.56. The largest absolute Gasteiger partial charge is 0.469 e. The Balaban J connectivity index is 1.74. The zero-order valence-electron chi connectivity index (χ0n) is 11.2. The summed E-state index contributed by atoms with van der Waals surface area (Å²) in [5.74, 6) is 3.57. The van der Waals surface area contributed by atoms with Gasteiger partial charge in [0.25, 0.3) is 0 Å². The van der Waals surface area contributed by atoms with Crippen molar-refractivity contribution in [3.63, 3.8) is 0 Å². The molecule has 2 heteroatoms. The molecule has 0 amide bonds. The molecular weight excluding hydrogens is 224 g/mol. The van der Waals surface area contributed by atoms with E-state index in [9.17, 15) is 0 Å². The summed E-state index contributed by atoms with van der Waals surface area (Å²) in [6.45, 7) is 7.49. The second-order valence-corrected chi connectivity index (χ2v) is 6.56. The molecule has 4 rings (SSSR count). The van der Waals surface area contributed by atoms with Crippen LogP contribution in [0.5, 0.6) is 0 Å². The molecule has 0 unspecified atom stereocenters. The van der Waals surface area contributed by atoms with Gasteiger partial charge in [-0.2, -0.15) is 0 Å². The van der Waals surface area contributed by atoms with Gasteiger partial charge in [0.15, 0.2) is 0 Å². The van der Waals surface area contributed by atoms with Crippen LogP contribution >= 0.6 is 0 Å². The van der Waals surface area contributed by atoms with Crippen LogP contribution in [0.3, 0.4) is 0 Å². The first kappa shape index (κ1) is 10.9. The van der Waals surface area contributed by atoms with Gasteiger partial charge in [-0.25, -0.2) is 0 Å². The number of furan rings is 1. The highest BCUT2D eigenvalue weighted by atomic mass is 16.5. The van der Waals surface area contributed by atoms with Gasteiger partial charge < -0.3 is 9.15 Å². The van der Waals surface area contributed by atoms with E-state index < -0.39 is 0 Å². The monoisotopic (exact) mass is 244 g/mol. The van der Waals surface area contributed by atoms with Crippen molar-refractivity contribution in [3.8, 4) is 0 Å². The van der Waals surface area contributed by atoms with Crippen LogP contribution in [0.25, 0.3) is 0 Å². The Kier molecular flexibility index (Phi) is 1.99. The molecule has 3 aliphatic carbocycles. The predicted molar refractivity (Wildman–Crippen MR) is 69.2 cm³/mol. The van der Waals surface area contributed by atoms with Crippen molar-refractivity contribution in [2.24, 2.45) is 23.2 Å². The molecule has 0 saturated heterocycles. The zero-order chi connectivity index (χ0) is 12.5. The number of methoxy groups -OCH3 is 1. The minimum Gasteiger partial charge on any atom is -0.469 e. The van der Waals surface area contributed by atoms with Crippen LogP contribution in [0.15, 0.2) is 22.8 Å². The van der Waals surface area contributed by atoms with Crippen LogP contribution in [0.4, 0.5) is 0 Å². The Hall–Kier alpha value is -1.02. The van der Waals surface area contributed by atoms with Gasteiger partial charge in [0.05, 0.1) is 12.9 Å². The highest BCUT2D eigenvalue weighted by molar-refractivity contribution is 5.40. The normalized spacial score (nSPS) is 40.3. The summed E-state index contributed by atoms with van der Waals surface area (Å²) in [6, 6.07) is 0. The van der Waals surface area contributed by atoms with E-state index in [-0.39, 0.29) is 0 Å². The number of hydrogen-bond donors (Lipinski definition) is 0. The highest BCUT2D eigenvalue weighted by Gasteiger charge is 2.63. The third kappa shape index (κ3) is 1.17. The standard InChI is InChI=1S/C16H20O2/c1-9-11-4-14(11)16(2)6-15-12(5-13(9)16)10(7-17-3)8-18-15/h8,11,13-14H,1,4-7H2,2-3H3/t11-,13+,14-,16-/m1/s1. The topological polar surface area (TPSA) is 22.4 Å². The van der Waals surface area contributed by atoms with Gasteiger partial charge in [0, 0.05) is 19.1 Å². The Morgan fingerprint density at radius 1 is 1.56 bits per heavy atom. The third-order valence-corrected chi connectivity index (χ3v) is 5.67. The Bertz CT molecular complexity index is 527. The minimum absolute atomic E-state index is 0.414. The quantitative estimate of drug-likeness (QED) is 0.744. The summed E-state index contributed by atoms with van der Waals surface area (Å²) in [5, 5.41) is 0. The number of fused-ring (bicyclic) bond motifs is 4. The van der Waals surface area contributed by atoms with Crippen LogP contribution < -0.4 is 0 Å². The molecule has 4 atom stereocenters. The van der Waals surface area contributed by atoms with E-state index in [1.807, 2.05) is 6.26 Å². The van der Waals surface area contributed by atoms with Crippen molar-refractivity contribution < 1.29 is 9.15 Å². The summed E-state index contributed by atoms with van der Waals surface area (Å²) in [4.78, 5) is 0. The van der Waals surface area contributed by atoms with Gasteiger partial charge in [0.1, 0.15) is 5.76 Å². The Labute approximate surface area is 108 Å². The molecule has 2 saturated carbocycles. The first-order valence-electron chi connectivity index (χ1n) is 6.91. The zero-order valence-corrected chi connectivity index (χ0v) is 11.2. The molecule has 96 valence electrons. The van der Waals surface area contributed by atoms with Crippen LogP contribution in [0, 0.1) is 23.2 Å². The van der Waals surface area contributed by atoms with Gasteiger partial charge in [-0.3, -0.25) is 0 Å². The van der Waals surface area contributed by atoms with E-state index in [2.05, 4.69) is 13.5 Å². The molecule has 0 bridgehead atoms. The fourth-order valence-corrected chi connectivity index (χ4v) is 4.58. The smallest absolute Gasteiger partial charge is 0.107 e. The predicted octanol–water partition coefficient (Wildman–Crippen LogP) is 3.35. The van der Waals surface area contributed by atoms with E-state index in [0.29, 0.717) is 17.9 Å². The number of rotatable bonds is 2. The van der Waals surface area contributed by atoms with Crippen molar-refractivity contribution in [2.45, 2.75) is 32.8 Å². The average molecular weight is 244 g/mol. The summed E-state index contributed by atoms with van der Waals surface area (Å²) in [7, 11) is 1.75. The number of ether oxygens (including phenoxy) is 1. The van der Waals surface area contributed by atoms with E-state index >= 15 is 0 Å².